The minimum atomic E-state index is -1.21. The number of hydrogen-bond donors (Lipinski definition) is 4. The van der Waals surface area contributed by atoms with Crippen LogP contribution in [0.1, 0.15) is 81.5 Å². The smallest absolute Gasteiger partial charge is 0.305 e. The lowest BCUT2D eigenvalue weighted by Crippen LogP contribution is -2.29. The van der Waals surface area contributed by atoms with Crippen LogP contribution < -0.4 is 10.1 Å². The second kappa shape index (κ2) is 17.5. The lowest BCUT2D eigenvalue weighted by molar-refractivity contribution is -0.139. The van der Waals surface area contributed by atoms with Gasteiger partial charge in [0, 0.05) is 30.7 Å². The van der Waals surface area contributed by atoms with Gasteiger partial charge < -0.3 is 34.8 Å². The molecule has 3 rings (SSSR count). The second-order valence-corrected chi connectivity index (χ2v) is 12.6. The number of halogens is 1. The fourth-order valence-corrected chi connectivity index (χ4v) is 5.34. The topological polar surface area (TPSA) is 130 Å². The molecular weight excluding hydrogens is 603 g/mol. The number of rotatable bonds is 18. The highest BCUT2D eigenvalue weighted by atomic mass is 19.1. The van der Waals surface area contributed by atoms with Crippen LogP contribution in [-0.4, -0.2) is 65.5 Å². The number of nitrogens with one attached hydrogen (secondary N) is 1. The van der Waals surface area contributed by atoms with Crippen molar-refractivity contribution in [1.82, 2.24) is 10.3 Å². The average molecular weight is 653 g/mol. The molecule has 0 fully saturated rings. The summed E-state index contributed by atoms with van der Waals surface area (Å²) >= 11 is 0. The third-order valence-electron chi connectivity index (χ3n) is 7.92. The summed E-state index contributed by atoms with van der Waals surface area (Å²) in [6.07, 6.45) is 1.18. The van der Waals surface area contributed by atoms with Gasteiger partial charge in [-0.2, -0.15) is 0 Å². The maximum atomic E-state index is 14.1. The van der Waals surface area contributed by atoms with Crippen molar-refractivity contribution >= 4 is 12.0 Å². The Labute approximate surface area is 277 Å². The number of carbonyl (C=O) groups is 1. The number of carboxylic acid groups (broad SMARTS) is 1. The zero-order chi connectivity index (χ0) is 34.7. The second-order valence-electron chi connectivity index (χ2n) is 12.6. The molecule has 47 heavy (non-hydrogen) atoms. The Bertz CT molecular complexity index is 1470. The molecule has 3 aromatic rings. The van der Waals surface area contributed by atoms with Crippen LogP contribution in [0.5, 0.6) is 5.75 Å². The molecule has 1 heterocycles. The first-order valence-corrected chi connectivity index (χ1v) is 15.9. The van der Waals surface area contributed by atoms with Crippen LogP contribution in [0.3, 0.4) is 0 Å². The van der Waals surface area contributed by atoms with Gasteiger partial charge in [0.25, 0.3) is 0 Å². The number of methoxy groups -OCH3 is 1. The molecule has 0 spiro atoms. The van der Waals surface area contributed by atoms with Crippen molar-refractivity contribution in [2.24, 2.45) is 0 Å². The molecule has 0 saturated carbocycles. The van der Waals surface area contributed by atoms with E-state index in [9.17, 15) is 19.4 Å². The minimum absolute atomic E-state index is 0.0389. The van der Waals surface area contributed by atoms with Gasteiger partial charge in [-0.3, -0.25) is 9.78 Å². The first-order chi connectivity index (χ1) is 22.2. The van der Waals surface area contributed by atoms with Gasteiger partial charge in [0.1, 0.15) is 17.2 Å². The maximum absolute atomic E-state index is 14.1. The van der Waals surface area contributed by atoms with Crippen LogP contribution in [0.15, 0.2) is 54.6 Å². The third-order valence-corrected chi connectivity index (χ3v) is 7.92. The number of likely N-dealkylation sites (N-methyl/N-ethyl adjacent to an activating group) is 1. The summed E-state index contributed by atoms with van der Waals surface area (Å²) in [6.45, 7) is 10.1. The molecule has 3 atom stereocenters. The predicted molar refractivity (Wildman–Crippen MR) is 181 cm³/mol. The molecule has 0 bridgehead atoms. The van der Waals surface area contributed by atoms with E-state index in [1.807, 2.05) is 59.0 Å². The molecule has 0 aliphatic rings. The molecule has 0 saturated heterocycles. The zero-order valence-corrected chi connectivity index (χ0v) is 28.4. The number of aliphatic hydroxyl groups is 2. The predicted octanol–water partition coefficient (Wildman–Crippen LogP) is 6.20. The molecule has 0 aliphatic heterocycles. The average Bonchev–Trinajstić information content (AvgIpc) is 3.00. The molecule has 1 aromatic heterocycles. The van der Waals surface area contributed by atoms with E-state index in [0.717, 1.165) is 17.5 Å². The van der Waals surface area contributed by atoms with E-state index in [1.165, 1.54) is 23.8 Å². The molecule has 9 nitrogen and oxygen atoms in total. The van der Waals surface area contributed by atoms with Crippen molar-refractivity contribution in [3.05, 3.63) is 88.5 Å². The number of nitrogens with zero attached hydrogens (tertiary/aromatic N) is 1. The molecule has 256 valence electrons. The molecule has 0 aliphatic carbocycles. The van der Waals surface area contributed by atoms with Crippen molar-refractivity contribution in [2.45, 2.75) is 90.3 Å². The Hall–Kier alpha value is -3.67. The molecule has 0 radical (unpaired) electrons. The van der Waals surface area contributed by atoms with Crippen LogP contribution in [0.2, 0.25) is 0 Å². The fourth-order valence-electron chi connectivity index (χ4n) is 5.34. The summed E-state index contributed by atoms with van der Waals surface area (Å²) in [5, 5.41) is 32.9. The molecule has 1 unspecified atom stereocenters. The SMILES string of the molecule is CNC(C)Cc1ccc(OCOC(C)(C)c2nc(C(C)C)c(/C=C/[C@@H](O)C[C@@H](O)CC(=O)O)c(-c3ccc(F)cc3)c2COC)cc1. The van der Waals surface area contributed by atoms with Crippen molar-refractivity contribution in [3.8, 4) is 16.9 Å². The normalized spacial score (nSPS) is 14.0. The van der Waals surface area contributed by atoms with Gasteiger partial charge in [-0.1, -0.05) is 50.3 Å². The van der Waals surface area contributed by atoms with Gasteiger partial charge in [-0.25, -0.2) is 4.39 Å². The molecule has 2 aromatic carbocycles. The number of hydrogen-bond acceptors (Lipinski definition) is 8. The number of ether oxygens (including phenoxy) is 3. The van der Waals surface area contributed by atoms with E-state index in [1.54, 1.807) is 25.3 Å². The summed E-state index contributed by atoms with van der Waals surface area (Å²) in [6, 6.07) is 14.4. The Morgan fingerprint density at radius 1 is 1.06 bits per heavy atom. The lowest BCUT2D eigenvalue weighted by Gasteiger charge is -2.31. The standard InChI is InChI=1S/C37H49FN2O7/c1-23(2)35-31(17-14-28(41)19-29(42)20-33(43)44)34(26-10-12-27(38)13-11-26)32(21-45-7)36(40-35)37(4,5)47-22-46-30-15-8-25(9-16-30)18-24(3)39-6/h8-17,23-24,28-29,39,41-42H,18-22H2,1-7H3,(H,43,44)/b17-14+/t24?,28-,29-/m1/s1. The summed E-state index contributed by atoms with van der Waals surface area (Å²) in [7, 11) is 3.52. The fraction of sp³-hybridized carbons (Fsp3) is 0.459. The van der Waals surface area contributed by atoms with E-state index in [-0.39, 0.29) is 31.6 Å². The number of aliphatic carboxylic acids is 1. The van der Waals surface area contributed by atoms with Gasteiger partial charge in [0.05, 0.1) is 36.6 Å². The Morgan fingerprint density at radius 3 is 2.30 bits per heavy atom. The van der Waals surface area contributed by atoms with Gasteiger partial charge in [0.2, 0.25) is 0 Å². The third kappa shape index (κ3) is 10.9. The number of aromatic nitrogens is 1. The van der Waals surface area contributed by atoms with Crippen LogP contribution in [-0.2, 0) is 32.9 Å². The summed E-state index contributed by atoms with van der Waals surface area (Å²) in [4.78, 5) is 16.1. The first-order valence-electron chi connectivity index (χ1n) is 15.9. The van der Waals surface area contributed by atoms with Crippen LogP contribution in [0.4, 0.5) is 4.39 Å². The highest BCUT2D eigenvalue weighted by molar-refractivity contribution is 5.80. The molecular formula is C37H49FN2O7. The maximum Gasteiger partial charge on any atom is 0.305 e. The Balaban J connectivity index is 2.03. The monoisotopic (exact) mass is 652 g/mol. The Morgan fingerprint density at radius 2 is 1.72 bits per heavy atom. The van der Waals surface area contributed by atoms with Crippen molar-refractivity contribution < 1.29 is 38.7 Å². The number of pyridine rings is 1. The van der Waals surface area contributed by atoms with Crippen LogP contribution >= 0.6 is 0 Å². The van der Waals surface area contributed by atoms with E-state index in [2.05, 4.69) is 12.2 Å². The van der Waals surface area contributed by atoms with Crippen LogP contribution in [0.25, 0.3) is 17.2 Å². The van der Waals surface area contributed by atoms with E-state index < -0.39 is 30.2 Å². The summed E-state index contributed by atoms with van der Waals surface area (Å²) < 4.78 is 32.1. The molecule has 4 N–H and O–H groups in total. The van der Waals surface area contributed by atoms with Crippen molar-refractivity contribution in [3.63, 3.8) is 0 Å². The number of carboxylic acids is 1. The van der Waals surface area contributed by atoms with E-state index >= 15 is 0 Å². The largest absolute Gasteiger partial charge is 0.481 e. The minimum Gasteiger partial charge on any atom is -0.481 e. The number of aliphatic hydroxyl groups excluding tert-OH is 2. The highest BCUT2D eigenvalue weighted by Crippen LogP contribution is 2.40. The number of benzene rings is 2. The quantitative estimate of drug-likeness (QED) is 0.119. The van der Waals surface area contributed by atoms with E-state index in [4.69, 9.17) is 24.3 Å². The van der Waals surface area contributed by atoms with Gasteiger partial charge in [0.15, 0.2) is 6.79 Å². The highest BCUT2D eigenvalue weighted by Gasteiger charge is 2.32. The van der Waals surface area contributed by atoms with Gasteiger partial charge in [-0.05, 0) is 81.1 Å². The lowest BCUT2D eigenvalue weighted by atomic mass is 9.85. The summed E-state index contributed by atoms with van der Waals surface area (Å²) in [5.74, 6) is -0.934. The molecule has 0 amide bonds. The summed E-state index contributed by atoms with van der Waals surface area (Å²) in [5.41, 5.74) is 4.43. The van der Waals surface area contributed by atoms with Gasteiger partial charge in [-0.15, -0.1) is 0 Å². The van der Waals surface area contributed by atoms with E-state index in [0.29, 0.717) is 34.3 Å². The van der Waals surface area contributed by atoms with Crippen molar-refractivity contribution in [2.75, 3.05) is 21.0 Å². The van der Waals surface area contributed by atoms with Crippen molar-refractivity contribution in [1.29, 1.82) is 0 Å². The van der Waals surface area contributed by atoms with Crippen LogP contribution in [0, 0.1) is 5.82 Å². The zero-order valence-electron chi connectivity index (χ0n) is 28.4. The Kier molecular flexibility index (Phi) is 14.0. The van der Waals surface area contributed by atoms with Gasteiger partial charge >= 0.3 is 5.97 Å². The molecule has 10 heteroatoms. The first kappa shape index (κ1) is 37.8.